The van der Waals surface area contributed by atoms with Crippen molar-refractivity contribution in [3.63, 3.8) is 0 Å². The smallest absolute Gasteiger partial charge is 0.255 e. The molecule has 0 bridgehead atoms. The first-order valence-corrected chi connectivity index (χ1v) is 8.12. The second kappa shape index (κ2) is 7.34. The zero-order valence-corrected chi connectivity index (χ0v) is 13.7. The number of amides is 1. The molecule has 1 aliphatic heterocycles. The molecule has 1 fully saturated rings. The van der Waals surface area contributed by atoms with Gasteiger partial charge in [0.15, 0.2) is 0 Å². The number of halogens is 1. The van der Waals surface area contributed by atoms with Crippen molar-refractivity contribution in [3.8, 4) is 5.75 Å². The molecular weight excluding hydrogens is 307 g/mol. The molecular formula is C19H21FN2O2. The number of hydrogen-bond donors (Lipinski definition) is 1. The summed E-state index contributed by atoms with van der Waals surface area (Å²) in [4.78, 5) is 14.6. The number of piperidine rings is 1. The van der Waals surface area contributed by atoms with Crippen molar-refractivity contribution in [1.29, 1.82) is 0 Å². The van der Waals surface area contributed by atoms with Crippen LogP contribution in [-0.4, -0.2) is 32.1 Å². The lowest BCUT2D eigenvalue weighted by Gasteiger charge is -2.34. The summed E-state index contributed by atoms with van der Waals surface area (Å²) >= 11 is 0. The number of nitrogens with zero attached hydrogens (tertiary/aromatic N) is 1. The number of hydrogen-bond acceptors (Lipinski definition) is 3. The summed E-state index contributed by atoms with van der Waals surface area (Å²) in [5.41, 5.74) is 1.44. The van der Waals surface area contributed by atoms with Gasteiger partial charge in [0.1, 0.15) is 11.6 Å². The molecule has 1 heterocycles. The van der Waals surface area contributed by atoms with E-state index in [1.54, 1.807) is 31.4 Å². The zero-order chi connectivity index (χ0) is 16.9. The maximum Gasteiger partial charge on any atom is 0.255 e. The van der Waals surface area contributed by atoms with Crippen molar-refractivity contribution < 1.29 is 13.9 Å². The predicted molar refractivity (Wildman–Crippen MR) is 92.1 cm³/mol. The molecule has 5 heteroatoms. The van der Waals surface area contributed by atoms with Crippen LogP contribution in [0.3, 0.4) is 0 Å². The highest BCUT2D eigenvalue weighted by atomic mass is 19.1. The topological polar surface area (TPSA) is 41.6 Å². The number of rotatable bonds is 4. The fraction of sp³-hybridized carbons (Fsp3) is 0.316. The van der Waals surface area contributed by atoms with Crippen LogP contribution in [0.25, 0.3) is 0 Å². The Hall–Kier alpha value is -2.56. The number of carbonyl (C=O) groups excluding carboxylic acids is 1. The van der Waals surface area contributed by atoms with Gasteiger partial charge in [0, 0.05) is 24.8 Å². The summed E-state index contributed by atoms with van der Waals surface area (Å²) in [6.45, 7) is 1.58. The minimum Gasteiger partial charge on any atom is -0.496 e. The molecule has 0 aliphatic carbocycles. The molecule has 4 nitrogen and oxygen atoms in total. The van der Waals surface area contributed by atoms with E-state index in [1.807, 2.05) is 18.2 Å². The molecule has 0 aromatic heterocycles. The second-order valence-electron chi connectivity index (χ2n) is 5.91. The van der Waals surface area contributed by atoms with E-state index in [2.05, 4.69) is 10.2 Å². The van der Waals surface area contributed by atoms with Crippen LogP contribution in [0.15, 0.2) is 48.5 Å². The summed E-state index contributed by atoms with van der Waals surface area (Å²) in [6.07, 6.45) is 1.66. The van der Waals surface area contributed by atoms with Gasteiger partial charge in [-0.2, -0.15) is 0 Å². The normalized spacial score (nSPS) is 15.2. The standard InChI is InChI=1S/C19H21FN2O2/c1-24-18-8-3-2-7-17(18)19(23)21-15-9-11-22(12-10-15)16-6-4-5-14(20)13-16/h2-8,13,15H,9-12H2,1H3,(H,21,23). The maximum absolute atomic E-state index is 13.3. The molecule has 0 radical (unpaired) electrons. The summed E-state index contributed by atoms with van der Waals surface area (Å²) in [5, 5.41) is 3.07. The van der Waals surface area contributed by atoms with Crippen LogP contribution in [0.5, 0.6) is 5.75 Å². The first-order chi connectivity index (χ1) is 11.7. The maximum atomic E-state index is 13.3. The van der Waals surface area contributed by atoms with E-state index in [9.17, 15) is 9.18 Å². The SMILES string of the molecule is COc1ccccc1C(=O)NC1CCN(c2cccc(F)c2)CC1. The monoisotopic (exact) mass is 328 g/mol. The van der Waals surface area contributed by atoms with Crippen LogP contribution >= 0.6 is 0 Å². The van der Waals surface area contributed by atoms with E-state index in [4.69, 9.17) is 4.74 Å². The van der Waals surface area contributed by atoms with E-state index in [0.717, 1.165) is 31.6 Å². The molecule has 1 N–H and O–H groups in total. The lowest BCUT2D eigenvalue weighted by atomic mass is 10.0. The first-order valence-electron chi connectivity index (χ1n) is 8.12. The van der Waals surface area contributed by atoms with E-state index in [1.165, 1.54) is 6.07 Å². The van der Waals surface area contributed by atoms with Gasteiger partial charge in [0.05, 0.1) is 12.7 Å². The highest BCUT2D eigenvalue weighted by Gasteiger charge is 2.22. The Balaban J connectivity index is 1.58. The summed E-state index contributed by atoms with van der Waals surface area (Å²) in [5.74, 6) is 0.239. The van der Waals surface area contributed by atoms with Crippen LogP contribution in [0, 0.1) is 5.82 Å². The fourth-order valence-corrected chi connectivity index (χ4v) is 3.05. The Kier molecular flexibility index (Phi) is 4.99. The van der Waals surface area contributed by atoms with Crippen molar-refractivity contribution in [2.24, 2.45) is 0 Å². The molecule has 0 unspecified atom stereocenters. The molecule has 1 saturated heterocycles. The van der Waals surface area contributed by atoms with Gasteiger partial charge in [-0.25, -0.2) is 4.39 Å². The van der Waals surface area contributed by atoms with Crippen molar-refractivity contribution >= 4 is 11.6 Å². The number of para-hydroxylation sites is 1. The van der Waals surface area contributed by atoms with Gasteiger partial charge in [-0.15, -0.1) is 0 Å². The van der Waals surface area contributed by atoms with Crippen molar-refractivity contribution in [1.82, 2.24) is 5.32 Å². The molecule has 0 atom stereocenters. The predicted octanol–water partition coefficient (Wildman–Crippen LogP) is 3.23. The molecule has 0 spiro atoms. The Bertz CT molecular complexity index is 712. The lowest BCUT2D eigenvalue weighted by Crippen LogP contribution is -2.44. The summed E-state index contributed by atoms with van der Waals surface area (Å²) < 4.78 is 18.6. The van der Waals surface area contributed by atoms with E-state index in [-0.39, 0.29) is 17.8 Å². The Morgan fingerprint density at radius 3 is 2.62 bits per heavy atom. The molecule has 126 valence electrons. The van der Waals surface area contributed by atoms with E-state index < -0.39 is 0 Å². The minimum absolute atomic E-state index is 0.114. The van der Waals surface area contributed by atoms with Crippen molar-refractivity contribution in [2.45, 2.75) is 18.9 Å². The third-order valence-corrected chi connectivity index (χ3v) is 4.36. The van der Waals surface area contributed by atoms with Gasteiger partial charge < -0.3 is 15.0 Å². The van der Waals surface area contributed by atoms with Crippen LogP contribution in [-0.2, 0) is 0 Å². The van der Waals surface area contributed by atoms with Crippen LogP contribution in [0.4, 0.5) is 10.1 Å². The van der Waals surface area contributed by atoms with E-state index >= 15 is 0 Å². The molecule has 2 aromatic carbocycles. The average Bonchev–Trinajstić information content (AvgIpc) is 2.62. The third kappa shape index (κ3) is 3.67. The number of methoxy groups -OCH3 is 1. The van der Waals surface area contributed by atoms with Gasteiger partial charge in [0.25, 0.3) is 5.91 Å². The highest BCUT2D eigenvalue weighted by Crippen LogP contribution is 2.22. The van der Waals surface area contributed by atoms with Crippen molar-refractivity contribution in [2.75, 3.05) is 25.1 Å². The number of benzene rings is 2. The quantitative estimate of drug-likeness (QED) is 0.937. The fourth-order valence-electron chi connectivity index (χ4n) is 3.05. The Morgan fingerprint density at radius 1 is 1.17 bits per heavy atom. The van der Waals surface area contributed by atoms with Crippen LogP contribution < -0.4 is 15.0 Å². The minimum atomic E-state index is -0.223. The van der Waals surface area contributed by atoms with Crippen molar-refractivity contribution in [3.05, 3.63) is 59.9 Å². The number of ether oxygens (including phenoxy) is 1. The first kappa shape index (κ1) is 16.3. The Labute approximate surface area is 141 Å². The average molecular weight is 328 g/mol. The molecule has 1 amide bonds. The molecule has 1 aliphatic rings. The van der Waals surface area contributed by atoms with Gasteiger partial charge in [-0.3, -0.25) is 4.79 Å². The highest BCUT2D eigenvalue weighted by molar-refractivity contribution is 5.97. The zero-order valence-electron chi connectivity index (χ0n) is 13.7. The third-order valence-electron chi connectivity index (χ3n) is 4.36. The number of carbonyl (C=O) groups is 1. The Morgan fingerprint density at radius 2 is 1.92 bits per heavy atom. The molecule has 24 heavy (non-hydrogen) atoms. The molecule has 0 saturated carbocycles. The summed E-state index contributed by atoms with van der Waals surface area (Å²) in [7, 11) is 1.56. The summed E-state index contributed by atoms with van der Waals surface area (Å²) in [6, 6.07) is 14.0. The van der Waals surface area contributed by atoms with Gasteiger partial charge in [0.2, 0.25) is 0 Å². The van der Waals surface area contributed by atoms with Gasteiger partial charge in [-0.1, -0.05) is 18.2 Å². The van der Waals surface area contributed by atoms with E-state index in [0.29, 0.717) is 11.3 Å². The van der Waals surface area contributed by atoms with Crippen LogP contribution in [0.1, 0.15) is 23.2 Å². The largest absolute Gasteiger partial charge is 0.496 e. The number of nitrogens with one attached hydrogen (secondary N) is 1. The lowest BCUT2D eigenvalue weighted by molar-refractivity contribution is 0.0928. The number of anilines is 1. The van der Waals surface area contributed by atoms with Gasteiger partial charge >= 0.3 is 0 Å². The molecule has 2 aromatic rings. The molecule has 3 rings (SSSR count). The van der Waals surface area contributed by atoms with Crippen LogP contribution in [0.2, 0.25) is 0 Å². The van der Waals surface area contributed by atoms with Gasteiger partial charge in [-0.05, 0) is 43.2 Å². The second-order valence-corrected chi connectivity index (χ2v) is 5.91.